The van der Waals surface area contributed by atoms with Gasteiger partial charge in [0.05, 0.1) is 0 Å². The molecule has 5 heteroatoms. The highest BCUT2D eigenvalue weighted by Crippen LogP contribution is 2.13. The molecule has 2 N–H and O–H groups in total. The van der Waals surface area contributed by atoms with Crippen molar-refractivity contribution in [2.24, 2.45) is 0 Å². The van der Waals surface area contributed by atoms with E-state index in [9.17, 15) is 9.59 Å². The summed E-state index contributed by atoms with van der Waals surface area (Å²) in [4.78, 5) is 25.3. The van der Waals surface area contributed by atoms with E-state index in [4.69, 9.17) is 11.6 Å². The summed E-state index contributed by atoms with van der Waals surface area (Å²) in [5.74, 6) is -0.801. The number of halogens is 1. The summed E-state index contributed by atoms with van der Waals surface area (Å²) in [6, 6.07) is 24.8. The van der Waals surface area contributed by atoms with Crippen LogP contribution in [-0.4, -0.2) is 11.8 Å². The van der Waals surface area contributed by atoms with Crippen molar-refractivity contribution in [3.63, 3.8) is 0 Å². The molecule has 0 unspecified atom stereocenters. The number of rotatable bonds is 5. The van der Waals surface area contributed by atoms with Crippen LogP contribution in [-0.2, 0) is 4.79 Å². The first-order chi connectivity index (χ1) is 13.1. The molecule has 3 rings (SSSR count). The van der Waals surface area contributed by atoms with E-state index in [2.05, 4.69) is 10.6 Å². The molecule has 0 saturated carbocycles. The van der Waals surface area contributed by atoms with E-state index in [1.807, 2.05) is 48.5 Å². The van der Waals surface area contributed by atoms with Gasteiger partial charge in [0.2, 0.25) is 0 Å². The average Bonchev–Trinajstić information content (AvgIpc) is 2.69. The molecule has 134 valence electrons. The van der Waals surface area contributed by atoms with E-state index in [0.717, 1.165) is 5.56 Å². The molecule has 0 aliphatic rings. The normalized spacial score (nSPS) is 10.9. The van der Waals surface area contributed by atoms with E-state index in [0.29, 0.717) is 16.3 Å². The van der Waals surface area contributed by atoms with Crippen LogP contribution >= 0.6 is 11.6 Å². The maximum Gasteiger partial charge on any atom is 0.272 e. The van der Waals surface area contributed by atoms with E-state index >= 15 is 0 Å². The Kier molecular flexibility index (Phi) is 6.02. The van der Waals surface area contributed by atoms with E-state index in [1.165, 1.54) is 0 Å². The number of carbonyl (C=O) groups is 2. The Morgan fingerprint density at radius 2 is 1.37 bits per heavy atom. The lowest BCUT2D eigenvalue weighted by Gasteiger charge is -2.11. The summed E-state index contributed by atoms with van der Waals surface area (Å²) >= 11 is 5.86. The zero-order chi connectivity index (χ0) is 19.1. The van der Waals surface area contributed by atoms with Gasteiger partial charge in [-0.25, -0.2) is 0 Å². The minimum absolute atomic E-state index is 0.144. The zero-order valence-electron chi connectivity index (χ0n) is 14.4. The SMILES string of the molecule is O=C(Nc1ccccc1)/C(=C\c1ccccc1)NC(=O)c1ccc(Cl)cc1. The summed E-state index contributed by atoms with van der Waals surface area (Å²) < 4.78 is 0. The highest BCUT2D eigenvalue weighted by molar-refractivity contribution is 6.30. The summed E-state index contributed by atoms with van der Waals surface area (Å²) in [6.07, 6.45) is 1.63. The number of nitrogens with one attached hydrogen (secondary N) is 2. The van der Waals surface area contributed by atoms with Gasteiger partial charge in [-0.1, -0.05) is 60.1 Å². The lowest BCUT2D eigenvalue weighted by molar-refractivity contribution is -0.113. The van der Waals surface area contributed by atoms with E-state index < -0.39 is 11.8 Å². The fourth-order valence-corrected chi connectivity index (χ4v) is 2.52. The van der Waals surface area contributed by atoms with Crippen molar-refractivity contribution in [1.82, 2.24) is 5.32 Å². The molecule has 2 amide bonds. The van der Waals surface area contributed by atoms with Crippen molar-refractivity contribution in [3.8, 4) is 0 Å². The second-order valence-electron chi connectivity index (χ2n) is 5.75. The highest BCUT2D eigenvalue weighted by atomic mass is 35.5. The number of para-hydroxylation sites is 1. The number of hydrogen-bond donors (Lipinski definition) is 2. The van der Waals surface area contributed by atoms with Gasteiger partial charge >= 0.3 is 0 Å². The molecule has 27 heavy (non-hydrogen) atoms. The molecule has 3 aromatic carbocycles. The van der Waals surface area contributed by atoms with Gasteiger partial charge in [-0.05, 0) is 48.0 Å². The quantitative estimate of drug-likeness (QED) is 0.631. The maximum atomic E-state index is 12.7. The van der Waals surface area contributed by atoms with Crippen LogP contribution in [0.15, 0.2) is 90.6 Å². The van der Waals surface area contributed by atoms with Gasteiger partial charge < -0.3 is 10.6 Å². The summed E-state index contributed by atoms with van der Waals surface area (Å²) in [5.41, 5.74) is 1.99. The van der Waals surface area contributed by atoms with Gasteiger partial charge in [0, 0.05) is 16.3 Å². The van der Waals surface area contributed by atoms with Crippen LogP contribution in [0.25, 0.3) is 6.08 Å². The predicted octanol–water partition coefficient (Wildman–Crippen LogP) is 4.75. The molecular weight excluding hydrogens is 360 g/mol. The minimum atomic E-state index is -0.410. The lowest BCUT2D eigenvalue weighted by atomic mass is 10.1. The van der Waals surface area contributed by atoms with Crippen LogP contribution < -0.4 is 10.6 Å². The molecule has 0 fully saturated rings. The fourth-order valence-electron chi connectivity index (χ4n) is 2.39. The van der Waals surface area contributed by atoms with Crippen LogP contribution in [0, 0.1) is 0 Å². The van der Waals surface area contributed by atoms with Crippen LogP contribution in [0.1, 0.15) is 15.9 Å². The molecule has 0 spiro atoms. The van der Waals surface area contributed by atoms with Crippen LogP contribution in [0.2, 0.25) is 5.02 Å². The second kappa shape index (κ2) is 8.83. The third kappa shape index (κ3) is 5.30. The number of hydrogen-bond acceptors (Lipinski definition) is 2. The molecule has 0 bridgehead atoms. The minimum Gasteiger partial charge on any atom is -0.321 e. The van der Waals surface area contributed by atoms with Crippen LogP contribution in [0.4, 0.5) is 5.69 Å². The van der Waals surface area contributed by atoms with Crippen molar-refractivity contribution in [1.29, 1.82) is 0 Å². The maximum absolute atomic E-state index is 12.7. The molecule has 3 aromatic rings. The standard InChI is InChI=1S/C22H17ClN2O2/c23-18-13-11-17(12-14-18)21(26)25-20(15-16-7-3-1-4-8-16)22(27)24-19-9-5-2-6-10-19/h1-15H,(H,24,27)(H,25,26)/b20-15+. The number of carbonyl (C=O) groups excluding carboxylic acids is 2. The average molecular weight is 377 g/mol. The molecule has 0 aromatic heterocycles. The van der Waals surface area contributed by atoms with Gasteiger partial charge in [0.25, 0.3) is 11.8 Å². The molecule has 0 radical (unpaired) electrons. The van der Waals surface area contributed by atoms with Gasteiger partial charge in [-0.2, -0.15) is 0 Å². The first-order valence-corrected chi connectivity index (χ1v) is 8.70. The first kappa shape index (κ1) is 18.4. The van der Waals surface area contributed by atoms with Crippen molar-refractivity contribution in [2.75, 3.05) is 5.32 Å². The van der Waals surface area contributed by atoms with Gasteiger partial charge in [0.1, 0.15) is 5.70 Å². The van der Waals surface area contributed by atoms with Gasteiger partial charge in [0.15, 0.2) is 0 Å². The first-order valence-electron chi connectivity index (χ1n) is 8.32. The number of benzene rings is 3. The highest BCUT2D eigenvalue weighted by Gasteiger charge is 2.15. The van der Waals surface area contributed by atoms with Crippen molar-refractivity contribution >= 4 is 35.2 Å². The summed E-state index contributed by atoms with van der Waals surface area (Å²) in [7, 11) is 0. The third-order valence-electron chi connectivity index (χ3n) is 3.74. The Labute approximate surface area is 162 Å². The molecule has 0 saturated heterocycles. The summed E-state index contributed by atoms with van der Waals surface area (Å²) in [5, 5.41) is 6.01. The molecular formula is C22H17ClN2O2. The Morgan fingerprint density at radius 1 is 0.778 bits per heavy atom. The topological polar surface area (TPSA) is 58.2 Å². The van der Waals surface area contributed by atoms with E-state index in [1.54, 1.807) is 42.5 Å². The summed E-state index contributed by atoms with van der Waals surface area (Å²) in [6.45, 7) is 0. The second-order valence-corrected chi connectivity index (χ2v) is 6.19. The predicted molar refractivity (Wildman–Crippen MR) is 108 cm³/mol. The largest absolute Gasteiger partial charge is 0.321 e. The van der Waals surface area contributed by atoms with Crippen molar-refractivity contribution < 1.29 is 9.59 Å². The molecule has 0 aliphatic carbocycles. The number of amides is 2. The van der Waals surface area contributed by atoms with E-state index in [-0.39, 0.29) is 5.70 Å². The Morgan fingerprint density at radius 3 is 2.00 bits per heavy atom. The lowest BCUT2D eigenvalue weighted by Crippen LogP contribution is -2.30. The van der Waals surface area contributed by atoms with Crippen molar-refractivity contribution in [3.05, 3.63) is 107 Å². The smallest absolute Gasteiger partial charge is 0.272 e. The third-order valence-corrected chi connectivity index (χ3v) is 3.99. The van der Waals surface area contributed by atoms with Crippen molar-refractivity contribution in [2.45, 2.75) is 0 Å². The molecule has 0 aliphatic heterocycles. The monoisotopic (exact) mass is 376 g/mol. The Balaban J connectivity index is 1.85. The molecule has 0 atom stereocenters. The zero-order valence-corrected chi connectivity index (χ0v) is 15.1. The number of anilines is 1. The Bertz CT molecular complexity index is 953. The fraction of sp³-hybridized carbons (Fsp3) is 0. The van der Waals surface area contributed by atoms with Crippen LogP contribution in [0.5, 0.6) is 0 Å². The van der Waals surface area contributed by atoms with Gasteiger partial charge in [-0.3, -0.25) is 9.59 Å². The van der Waals surface area contributed by atoms with Gasteiger partial charge in [-0.15, -0.1) is 0 Å². The van der Waals surface area contributed by atoms with Crippen LogP contribution in [0.3, 0.4) is 0 Å². The molecule has 4 nitrogen and oxygen atoms in total. The molecule has 0 heterocycles. The Hall–Kier alpha value is -3.37.